The number of carbonyl (C=O) groups is 1. The van der Waals surface area contributed by atoms with Crippen molar-refractivity contribution < 1.29 is 17.9 Å². The third kappa shape index (κ3) is 3.27. The molecule has 0 spiro atoms. The van der Waals surface area contributed by atoms with Crippen LogP contribution in [0.3, 0.4) is 0 Å². The Morgan fingerprint density at radius 1 is 1.30 bits per heavy atom. The third-order valence-corrected chi connectivity index (χ3v) is 5.07. The number of carbonyl (C=O) groups excluding carboxylic acids is 1. The van der Waals surface area contributed by atoms with E-state index in [0.717, 1.165) is 0 Å². The summed E-state index contributed by atoms with van der Waals surface area (Å²) in [6, 6.07) is 8.52. The smallest absolute Gasteiger partial charge is 0.331 e. The van der Waals surface area contributed by atoms with Crippen LogP contribution in [-0.4, -0.2) is 31.0 Å². The fraction of sp³-hybridized carbons (Fsp3) is 0.333. The Morgan fingerprint density at radius 2 is 1.91 bits per heavy atom. The van der Waals surface area contributed by atoms with Gasteiger partial charge in [-0.05, 0) is 19.4 Å². The number of aromatic nitrogens is 2. The summed E-state index contributed by atoms with van der Waals surface area (Å²) in [5, 5.41) is -0.149. The number of ether oxygens (including phenoxy) is 1. The van der Waals surface area contributed by atoms with E-state index in [9.17, 15) is 13.2 Å². The van der Waals surface area contributed by atoms with Crippen LogP contribution in [0.25, 0.3) is 0 Å². The van der Waals surface area contributed by atoms with Crippen LogP contribution in [0.4, 0.5) is 0 Å². The highest BCUT2D eigenvalue weighted by Gasteiger charge is 2.41. The molecule has 1 heterocycles. The first kappa shape index (κ1) is 17.2. The zero-order valence-electron chi connectivity index (χ0n) is 13.4. The number of rotatable bonds is 5. The van der Waals surface area contributed by atoms with Crippen molar-refractivity contribution in [1.29, 1.82) is 0 Å². The predicted molar refractivity (Wildman–Crippen MR) is 84.1 cm³/mol. The summed E-state index contributed by atoms with van der Waals surface area (Å²) in [7, 11) is -1.10. The maximum absolute atomic E-state index is 12.6. The van der Waals surface area contributed by atoms with Crippen LogP contribution < -0.4 is 4.72 Å². The minimum absolute atomic E-state index is 0.149. The summed E-state index contributed by atoms with van der Waals surface area (Å²) in [6.07, 6.45) is 1.39. The van der Waals surface area contributed by atoms with Crippen molar-refractivity contribution in [2.75, 3.05) is 7.11 Å². The molecule has 8 heteroatoms. The minimum Gasteiger partial charge on any atom is -0.467 e. The summed E-state index contributed by atoms with van der Waals surface area (Å²) in [6.45, 7) is 3.15. The SMILES string of the molecule is COC(=O)[C@](C)(NS(=O)(=O)c1cn(C)c(C)n1)c1ccccc1. The maximum Gasteiger partial charge on any atom is 0.331 e. The Hall–Kier alpha value is -2.19. The van der Waals surface area contributed by atoms with Crippen molar-refractivity contribution in [3.8, 4) is 0 Å². The van der Waals surface area contributed by atoms with Crippen molar-refractivity contribution in [2.45, 2.75) is 24.4 Å². The Balaban J connectivity index is 2.48. The van der Waals surface area contributed by atoms with Gasteiger partial charge in [-0.2, -0.15) is 4.72 Å². The highest BCUT2D eigenvalue weighted by molar-refractivity contribution is 7.89. The van der Waals surface area contributed by atoms with Gasteiger partial charge in [-0.15, -0.1) is 0 Å². The second-order valence-corrected chi connectivity index (χ2v) is 6.95. The van der Waals surface area contributed by atoms with Gasteiger partial charge in [0, 0.05) is 13.2 Å². The molecule has 0 saturated heterocycles. The molecule has 2 aromatic rings. The number of sulfonamides is 1. The molecule has 2 rings (SSSR count). The predicted octanol–water partition coefficient (Wildman–Crippen LogP) is 1.10. The van der Waals surface area contributed by atoms with Gasteiger partial charge in [0.15, 0.2) is 10.6 Å². The van der Waals surface area contributed by atoms with Crippen molar-refractivity contribution >= 4 is 16.0 Å². The van der Waals surface area contributed by atoms with Gasteiger partial charge in [0.25, 0.3) is 10.0 Å². The number of methoxy groups -OCH3 is 1. The van der Waals surface area contributed by atoms with Gasteiger partial charge in [-0.25, -0.2) is 18.2 Å². The molecule has 0 aliphatic heterocycles. The molecule has 23 heavy (non-hydrogen) atoms. The largest absolute Gasteiger partial charge is 0.467 e. The first-order valence-electron chi connectivity index (χ1n) is 6.88. The van der Waals surface area contributed by atoms with Crippen molar-refractivity contribution in [1.82, 2.24) is 14.3 Å². The lowest BCUT2D eigenvalue weighted by molar-refractivity contribution is -0.147. The molecule has 1 aromatic heterocycles. The molecule has 0 amide bonds. The van der Waals surface area contributed by atoms with Crippen LogP contribution >= 0.6 is 0 Å². The molecule has 1 N–H and O–H groups in total. The van der Waals surface area contributed by atoms with Gasteiger partial charge in [0.2, 0.25) is 0 Å². The van der Waals surface area contributed by atoms with Gasteiger partial charge >= 0.3 is 5.97 Å². The van der Waals surface area contributed by atoms with E-state index in [1.807, 2.05) is 0 Å². The van der Waals surface area contributed by atoms with E-state index in [-0.39, 0.29) is 5.03 Å². The van der Waals surface area contributed by atoms with E-state index in [1.54, 1.807) is 48.9 Å². The maximum atomic E-state index is 12.6. The van der Waals surface area contributed by atoms with E-state index in [4.69, 9.17) is 4.74 Å². The topological polar surface area (TPSA) is 90.3 Å². The second kappa shape index (κ2) is 6.13. The van der Waals surface area contributed by atoms with Gasteiger partial charge in [0.05, 0.1) is 7.11 Å². The highest BCUT2D eigenvalue weighted by atomic mass is 32.2. The molecule has 1 atom stereocenters. The summed E-state index contributed by atoms with van der Waals surface area (Å²) < 4.78 is 34.0. The molecule has 124 valence electrons. The molecule has 7 nitrogen and oxygen atoms in total. The van der Waals surface area contributed by atoms with E-state index >= 15 is 0 Å². The Morgan fingerprint density at radius 3 is 2.39 bits per heavy atom. The van der Waals surface area contributed by atoms with Crippen molar-refractivity contribution in [3.05, 3.63) is 47.9 Å². The number of nitrogens with zero attached hydrogens (tertiary/aromatic N) is 2. The lowest BCUT2D eigenvalue weighted by Crippen LogP contribution is -2.50. The quantitative estimate of drug-likeness (QED) is 0.825. The number of aryl methyl sites for hydroxylation is 2. The molecule has 0 radical (unpaired) electrons. The Bertz CT molecular complexity index is 795. The molecule has 0 fully saturated rings. The molecule has 0 unspecified atom stereocenters. The summed E-state index contributed by atoms with van der Waals surface area (Å²) in [4.78, 5) is 16.2. The Kier molecular flexibility index (Phi) is 4.58. The number of imidazole rings is 1. The monoisotopic (exact) mass is 337 g/mol. The summed E-state index contributed by atoms with van der Waals surface area (Å²) >= 11 is 0. The van der Waals surface area contributed by atoms with E-state index in [1.165, 1.54) is 20.2 Å². The van der Waals surface area contributed by atoms with Crippen LogP contribution in [0, 0.1) is 6.92 Å². The average Bonchev–Trinajstić information content (AvgIpc) is 2.87. The fourth-order valence-electron chi connectivity index (χ4n) is 2.17. The fourth-order valence-corrected chi connectivity index (χ4v) is 3.56. The first-order chi connectivity index (χ1) is 10.7. The van der Waals surface area contributed by atoms with Crippen LogP contribution in [0.5, 0.6) is 0 Å². The minimum atomic E-state index is -4.01. The molecular weight excluding hydrogens is 318 g/mol. The van der Waals surface area contributed by atoms with Gasteiger partial charge in [-0.3, -0.25) is 0 Å². The zero-order chi connectivity index (χ0) is 17.3. The van der Waals surface area contributed by atoms with Gasteiger partial charge < -0.3 is 9.30 Å². The van der Waals surface area contributed by atoms with Gasteiger partial charge in [0.1, 0.15) is 5.82 Å². The molecule has 0 saturated carbocycles. The molecule has 1 aromatic carbocycles. The van der Waals surface area contributed by atoms with Gasteiger partial charge in [-0.1, -0.05) is 30.3 Å². The lowest BCUT2D eigenvalue weighted by atomic mass is 9.93. The third-order valence-electron chi connectivity index (χ3n) is 3.65. The normalized spacial score (nSPS) is 14.3. The number of benzene rings is 1. The highest BCUT2D eigenvalue weighted by Crippen LogP contribution is 2.25. The van der Waals surface area contributed by atoms with Crippen LogP contribution in [0.2, 0.25) is 0 Å². The summed E-state index contributed by atoms with van der Waals surface area (Å²) in [5.41, 5.74) is -1.08. The molecular formula is C15H19N3O4S. The van der Waals surface area contributed by atoms with E-state index in [0.29, 0.717) is 11.4 Å². The molecule has 0 aliphatic rings. The number of hydrogen-bond donors (Lipinski definition) is 1. The van der Waals surface area contributed by atoms with Crippen LogP contribution in [-0.2, 0) is 32.1 Å². The van der Waals surface area contributed by atoms with Crippen molar-refractivity contribution in [2.24, 2.45) is 7.05 Å². The second-order valence-electron chi connectivity index (χ2n) is 5.33. The molecule has 0 aliphatic carbocycles. The number of esters is 1. The standard InChI is InChI=1S/C15H19N3O4S/c1-11-16-13(10-18(11)3)23(20,21)17-15(2,14(19)22-4)12-8-6-5-7-9-12/h5-10,17H,1-4H3/t15-/m1/s1. The van der Waals surface area contributed by atoms with E-state index in [2.05, 4.69) is 9.71 Å². The van der Waals surface area contributed by atoms with Crippen LogP contribution in [0.1, 0.15) is 18.3 Å². The average molecular weight is 337 g/mol. The summed E-state index contributed by atoms with van der Waals surface area (Å²) in [5.74, 6) is -0.162. The zero-order valence-corrected chi connectivity index (χ0v) is 14.2. The Labute approximate surface area is 135 Å². The van der Waals surface area contributed by atoms with Crippen LogP contribution in [0.15, 0.2) is 41.6 Å². The van der Waals surface area contributed by atoms with E-state index < -0.39 is 21.5 Å². The number of hydrogen-bond acceptors (Lipinski definition) is 5. The lowest BCUT2D eigenvalue weighted by Gasteiger charge is -2.27. The first-order valence-corrected chi connectivity index (χ1v) is 8.37. The van der Waals surface area contributed by atoms with Crippen molar-refractivity contribution in [3.63, 3.8) is 0 Å². The number of nitrogens with one attached hydrogen (secondary N) is 1. The molecule has 0 bridgehead atoms.